The third-order valence-corrected chi connectivity index (χ3v) is 4.01. The highest BCUT2D eigenvalue weighted by Gasteiger charge is 2.05. The van der Waals surface area contributed by atoms with Crippen LogP contribution in [-0.2, 0) is 13.0 Å². The van der Waals surface area contributed by atoms with Crippen molar-refractivity contribution in [3.8, 4) is 11.5 Å². The van der Waals surface area contributed by atoms with Crippen molar-refractivity contribution in [3.63, 3.8) is 0 Å². The van der Waals surface area contributed by atoms with Gasteiger partial charge in [0.25, 0.3) is 0 Å². The van der Waals surface area contributed by atoms with E-state index in [9.17, 15) is 0 Å². The average Bonchev–Trinajstić information content (AvgIpc) is 3.17. The van der Waals surface area contributed by atoms with Crippen molar-refractivity contribution in [2.75, 3.05) is 33.9 Å². The number of ether oxygens (including phenoxy) is 2. The first-order valence-corrected chi connectivity index (χ1v) is 9.11. The van der Waals surface area contributed by atoms with E-state index < -0.39 is 0 Å². The maximum Gasteiger partial charge on any atom is 0.191 e. The number of nitrogens with one attached hydrogen (secondary N) is 2. The molecular weight excluding hydrogens is 455 g/mol. The summed E-state index contributed by atoms with van der Waals surface area (Å²) in [7, 11) is 3.46. The number of benzene rings is 1. The van der Waals surface area contributed by atoms with Crippen LogP contribution in [0.25, 0.3) is 0 Å². The van der Waals surface area contributed by atoms with E-state index in [1.54, 1.807) is 14.2 Å². The lowest BCUT2D eigenvalue weighted by Gasteiger charge is -2.13. The number of methoxy groups -OCH3 is 1. The standard InChI is InChI=1S/C20H30N4O2.HI/c1-4-26-19-16-17(9-10-18(19)25-3)8-7-11-22-20(21-2)23-12-15-24-13-5-6-14-24;/h5-6,9-10,13-14,16H,4,7-8,11-12,15H2,1-3H3,(H2,21,22,23);1H. The largest absolute Gasteiger partial charge is 0.493 e. The number of rotatable bonds is 10. The Labute approximate surface area is 179 Å². The lowest BCUT2D eigenvalue weighted by atomic mass is 10.1. The quantitative estimate of drug-likeness (QED) is 0.234. The highest BCUT2D eigenvalue weighted by atomic mass is 127. The van der Waals surface area contributed by atoms with Gasteiger partial charge in [0.2, 0.25) is 0 Å². The SMILES string of the molecule is CCOc1cc(CCCNC(=NC)NCCn2cccc2)ccc1OC.I. The van der Waals surface area contributed by atoms with E-state index in [1.165, 1.54) is 5.56 Å². The van der Waals surface area contributed by atoms with Crippen LogP contribution in [0.1, 0.15) is 18.9 Å². The first kappa shape index (κ1) is 23.1. The Bertz CT molecular complexity index is 675. The van der Waals surface area contributed by atoms with E-state index in [4.69, 9.17) is 9.47 Å². The molecule has 1 aromatic carbocycles. The van der Waals surface area contributed by atoms with Gasteiger partial charge in [-0.25, -0.2) is 0 Å². The highest BCUT2D eigenvalue weighted by molar-refractivity contribution is 14.0. The number of halogens is 1. The highest BCUT2D eigenvalue weighted by Crippen LogP contribution is 2.28. The second kappa shape index (κ2) is 13.3. The first-order valence-electron chi connectivity index (χ1n) is 9.11. The van der Waals surface area contributed by atoms with E-state index in [0.29, 0.717) is 6.61 Å². The van der Waals surface area contributed by atoms with Crippen LogP contribution in [0.4, 0.5) is 0 Å². The molecule has 0 spiro atoms. The lowest BCUT2D eigenvalue weighted by Crippen LogP contribution is -2.39. The Hall–Kier alpha value is -1.90. The summed E-state index contributed by atoms with van der Waals surface area (Å²) in [6.07, 6.45) is 6.10. The molecule has 7 heteroatoms. The maximum absolute atomic E-state index is 5.63. The molecule has 0 radical (unpaired) electrons. The number of nitrogens with zero attached hydrogens (tertiary/aromatic N) is 2. The van der Waals surface area contributed by atoms with Gasteiger partial charge in [-0.05, 0) is 49.6 Å². The van der Waals surface area contributed by atoms with Gasteiger partial charge in [-0.3, -0.25) is 4.99 Å². The Morgan fingerprint density at radius 3 is 2.52 bits per heavy atom. The van der Waals surface area contributed by atoms with Gasteiger partial charge in [0, 0.05) is 39.1 Å². The van der Waals surface area contributed by atoms with E-state index in [-0.39, 0.29) is 24.0 Å². The molecule has 6 nitrogen and oxygen atoms in total. The van der Waals surface area contributed by atoms with Gasteiger partial charge in [-0.2, -0.15) is 0 Å². The second-order valence-corrected chi connectivity index (χ2v) is 5.87. The number of aliphatic imine (C=N–C) groups is 1. The molecule has 27 heavy (non-hydrogen) atoms. The van der Waals surface area contributed by atoms with Crippen LogP contribution in [0.2, 0.25) is 0 Å². The zero-order valence-corrected chi connectivity index (χ0v) is 18.7. The van der Waals surface area contributed by atoms with Crippen LogP contribution in [0, 0.1) is 0 Å². The summed E-state index contributed by atoms with van der Waals surface area (Å²) in [5, 5.41) is 6.68. The summed E-state index contributed by atoms with van der Waals surface area (Å²) in [4.78, 5) is 4.26. The molecule has 2 rings (SSSR count). The van der Waals surface area contributed by atoms with Crippen LogP contribution in [0.3, 0.4) is 0 Å². The molecule has 2 N–H and O–H groups in total. The van der Waals surface area contributed by atoms with Crippen LogP contribution in [-0.4, -0.2) is 44.4 Å². The molecule has 0 fully saturated rings. The first-order chi connectivity index (χ1) is 12.8. The fraction of sp³-hybridized carbons (Fsp3) is 0.450. The van der Waals surface area contributed by atoms with Gasteiger partial charge in [-0.1, -0.05) is 6.07 Å². The lowest BCUT2D eigenvalue weighted by molar-refractivity contribution is 0.310. The molecule has 0 aliphatic rings. The molecule has 0 atom stereocenters. The Kier molecular flexibility index (Phi) is 11.4. The van der Waals surface area contributed by atoms with Crippen molar-refractivity contribution in [2.24, 2.45) is 4.99 Å². The topological polar surface area (TPSA) is 59.8 Å². The van der Waals surface area contributed by atoms with Crippen LogP contribution >= 0.6 is 24.0 Å². The van der Waals surface area contributed by atoms with E-state index in [1.807, 2.05) is 25.1 Å². The fourth-order valence-corrected chi connectivity index (χ4v) is 2.69. The smallest absolute Gasteiger partial charge is 0.191 e. The van der Waals surface area contributed by atoms with Crippen molar-refractivity contribution in [1.29, 1.82) is 0 Å². The monoisotopic (exact) mass is 486 g/mol. The van der Waals surface area contributed by atoms with Gasteiger partial charge < -0.3 is 24.7 Å². The van der Waals surface area contributed by atoms with E-state index >= 15 is 0 Å². The molecule has 0 bridgehead atoms. The number of guanidine groups is 1. The molecule has 2 aromatic rings. The molecule has 0 saturated carbocycles. The Balaban J connectivity index is 0.00000364. The third-order valence-electron chi connectivity index (χ3n) is 4.01. The van der Waals surface area contributed by atoms with Crippen LogP contribution in [0.5, 0.6) is 11.5 Å². The van der Waals surface area contributed by atoms with Gasteiger partial charge in [0.15, 0.2) is 17.5 Å². The average molecular weight is 486 g/mol. The fourth-order valence-electron chi connectivity index (χ4n) is 2.69. The number of aromatic nitrogens is 1. The van der Waals surface area contributed by atoms with E-state index in [2.05, 4.69) is 44.7 Å². The number of aryl methyl sites for hydroxylation is 1. The molecule has 1 aromatic heterocycles. The molecular formula is C20H31IN4O2. The summed E-state index contributed by atoms with van der Waals surface area (Å²) in [5.41, 5.74) is 1.24. The van der Waals surface area contributed by atoms with Crippen LogP contribution < -0.4 is 20.1 Å². The summed E-state index contributed by atoms with van der Waals surface area (Å²) in [6, 6.07) is 10.2. The van der Waals surface area contributed by atoms with Crippen molar-refractivity contribution in [3.05, 3.63) is 48.3 Å². The molecule has 150 valence electrons. The summed E-state index contributed by atoms with van der Waals surface area (Å²) >= 11 is 0. The summed E-state index contributed by atoms with van der Waals surface area (Å²) < 4.78 is 13.1. The van der Waals surface area contributed by atoms with Crippen molar-refractivity contribution in [1.82, 2.24) is 15.2 Å². The molecule has 0 aliphatic carbocycles. The number of hydrogen-bond donors (Lipinski definition) is 2. The van der Waals surface area contributed by atoms with Crippen molar-refractivity contribution < 1.29 is 9.47 Å². The second-order valence-electron chi connectivity index (χ2n) is 5.87. The summed E-state index contributed by atoms with van der Waals surface area (Å²) in [6.45, 7) is 5.22. The predicted octanol–water partition coefficient (Wildman–Crippen LogP) is 3.31. The van der Waals surface area contributed by atoms with Crippen molar-refractivity contribution in [2.45, 2.75) is 26.3 Å². The minimum atomic E-state index is 0. The summed E-state index contributed by atoms with van der Waals surface area (Å²) in [5.74, 6) is 2.42. The zero-order chi connectivity index (χ0) is 18.6. The Morgan fingerprint density at radius 2 is 1.85 bits per heavy atom. The molecule has 0 aliphatic heterocycles. The van der Waals surface area contributed by atoms with Gasteiger partial charge in [-0.15, -0.1) is 24.0 Å². The van der Waals surface area contributed by atoms with Gasteiger partial charge in [0.1, 0.15) is 0 Å². The minimum absolute atomic E-state index is 0. The van der Waals surface area contributed by atoms with Gasteiger partial charge in [0.05, 0.1) is 13.7 Å². The van der Waals surface area contributed by atoms with Gasteiger partial charge >= 0.3 is 0 Å². The number of hydrogen-bond acceptors (Lipinski definition) is 3. The Morgan fingerprint density at radius 1 is 1.11 bits per heavy atom. The molecule has 0 saturated heterocycles. The van der Waals surface area contributed by atoms with Crippen molar-refractivity contribution >= 4 is 29.9 Å². The van der Waals surface area contributed by atoms with E-state index in [0.717, 1.165) is 49.9 Å². The zero-order valence-electron chi connectivity index (χ0n) is 16.4. The predicted molar refractivity (Wildman–Crippen MR) is 122 cm³/mol. The van der Waals surface area contributed by atoms with Crippen LogP contribution in [0.15, 0.2) is 47.7 Å². The minimum Gasteiger partial charge on any atom is -0.493 e. The molecule has 1 heterocycles. The molecule has 0 amide bonds. The molecule has 0 unspecified atom stereocenters. The normalized spacial score (nSPS) is 10.9. The third kappa shape index (κ3) is 8.11. The maximum atomic E-state index is 5.63.